The number of thiazole rings is 1. The zero-order valence-electron chi connectivity index (χ0n) is 15.5. The third-order valence-electron chi connectivity index (χ3n) is 4.75. The molecule has 1 aromatic carbocycles. The van der Waals surface area contributed by atoms with Crippen LogP contribution >= 0.6 is 11.3 Å². The van der Waals surface area contributed by atoms with Crippen molar-refractivity contribution >= 4 is 28.3 Å². The van der Waals surface area contributed by atoms with Crippen LogP contribution in [0.15, 0.2) is 72.9 Å². The van der Waals surface area contributed by atoms with Gasteiger partial charge >= 0.3 is 0 Å². The number of hydrogen-bond donors (Lipinski definition) is 1. The Labute approximate surface area is 168 Å². The number of carbonyl (C=O) groups is 1. The maximum atomic E-state index is 13.2. The minimum Gasteiger partial charge on any atom is -0.346 e. The van der Waals surface area contributed by atoms with Gasteiger partial charge in [-0.05, 0) is 24.6 Å². The molecule has 28 heavy (non-hydrogen) atoms. The molecule has 4 rings (SSSR count). The van der Waals surface area contributed by atoms with E-state index >= 15 is 0 Å². The van der Waals surface area contributed by atoms with E-state index in [-0.39, 0.29) is 13.4 Å². The Morgan fingerprint density at radius 1 is 1.32 bits per heavy atom. The average molecular weight is 391 g/mol. The smallest absolute Gasteiger partial charge is 0.274 e. The van der Waals surface area contributed by atoms with Crippen LogP contribution in [0.2, 0.25) is 0 Å². The van der Waals surface area contributed by atoms with Crippen LogP contribution in [0.1, 0.15) is 30.4 Å². The highest BCUT2D eigenvalue weighted by molar-refractivity contribution is 7.13. The third-order valence-corrected chi connectivity index (χ3v) is 5.63. The summed E-state index contributed by atoms with van der Waals surface area (Å²) in [6.07, 6.45) is 5.35. The SMILES string of the molecule is C=CCN(C(=O)c1csc(-c2ccnc3[nH]ccc23)n1)[C@@H](C)c1ccccc1.[HH]. The normalized spacial score (nSPS) is 12.0. The van der Waals surface area contributed by atoms with Gasteiger partial charge in [-0.15, -0.1) is 17.9 Å². The summed E-state index contributed by atoms with van der Waals surface area (Å²) in [5.74, 6) is -0.0990. The molecule has 0 aliphatic carbocycles. The fourth-order valence-corrected chi connectivity index (χ4v) is 4.09. The van der Waals surface area contributed by atoms with E-state index in [2.05, 4.69) is 21.5 Å². The third kappa shape index (κ3) is 3.34. The van der Waals surface area contributed by atoms with Crippen LogP contribution < -0.4 is 0 Å². The molecular weight excluding hydrogens is 368 g/mol. The van der Waals surface area contributed by atoms with E-state index in [4.69, 9.17) is 0 Å². The summed E-state index contributed by atoms with van der Waals surface area (Å²) >= 11 is 1.47. The van der Waals surface area contributed by atoms with Crippen LogP contribution in [0.4, 0.5) is 0 Å². The summed E-state index contributed by atoms with van der Waals surface area (Å²) in [5.41, 5.74) is 3.31. The number of nitrogens with zero attached hydrogens (tertiary/aromatic N) is 3. The van der Waals surface area contributed by atoms with Crippen molar-refractivity contribution in [3.8, 4) is 10.6 Å². The first kappa shape index (κ1) is 18.1. The van der Waals surface area contributed by atoms with Crippen LogP contribution in [0.25, 0.3) is 21.6 Å². The summed E-state index contributed by atoms with van der Waals surface area (Å²) in [4.78, 5) is 27.1. The summed E-state index contributed by atoms with van der Waals surface area (Å²) in [6.45, 7) is 6.29. The minimum atomic E-state index is -0.0990. The molecule has 0 unspecified atom stereocenters. The Balaban J connectivity index is 0.00000240. The van der Waals surface area contributed by atoms with Crippen molar-refractivity contribution in [1.82, 2.24) is 19.9 Å². The summed E-state index contributed by atoms with van der Waals surface area (Å²) in [6, 6.07) is 13.8. The average Bonchev–Trinajstić information content (AvgIpc) is 3.41. The first-order valence-electron chi connectivity index (χ1n) is 9.04. The van der Waals surface area contributed by atoms with Gasteiger partial charge in [0.15, 0.2) is 0 Å². The lowest BCUT2D eigenvalue weighted by Gasteiger charge is -2.28. The molecule has 0 saturated carbocycles. The maximum absolute atomic E-state index is 13.2. The summed E-state index contributed by atoms with van der Waals surface area (Å²) in [5, 5.41) is 3.63. The number of hydrogen-bond acceptors (Lipinski definition) is 4. The highest BCUT2D eigenvalue weighted by atomic mass is 32.1. The van der Waals surface area contributed by atoms with E-state index in [1.807, 2.05) is 61.0 Å². The molecule has 0 aliphatic heterocycles. The fourth-order valence-electron chi connectivity index (χ4n) is 3.26. The zero-order valence-corrected chi connectivity index (χ0v) is 16.3. The number of rotatable bonds is 6. The molecule has 0 radical (unpaired) electrons. The summed E-state index contributed by atoms with van der Waals surface area (Å²) < 4.78 is 0. The first-order chi connectivity index (χ1) is 13.7. The summed E-state index contributed by atoms with van der Waals surface area (Å²) in [7, 11) is 0. The first-order valence-corrected chi connectivity index (χ1v) is 9.92. The predicted octanol–water partition coefficient (Wildman–Crippen LogP) is 5.32. The monoisotopic (exact) mass is 390 g/mol. The van der Waals surface area contributed by atoms with Gasteiger partial charge in [-0.25, -0.2) is 9.97 Å². The van der Waals surface area contributed by atoms with E-state index in [1.165, 1.54) is 11.3 Å². The van der Waals surface area contributed by atoms with Crippen molar-refractivity contribution in [3.05, 3.63) is 84.2 Å². The van der Waals surface area contributed by atoms with Gasteiger partial charge in [0.1, 0.15) is 16.3 Å². The second-order valence-electron chi connectivity index (χ2n) is 6.47. The van der Waals surface area contributed by atoms with Crippen molar-refractivity contribution in [1.29, 1.82) is 0 Å². The number of H-pyrrole nitrogens is 1. The Kier molecular flexibility index (Phi) is 5.04. The highest BCUT2D eigenvalue weighted by Gasteiger charge is 2.24. The standard InChI is InChI=1S/C22H20N4OS.H2/c1-3-13-26(15(2)16-7-5-4-6-8-16)22(27)19-14-28-21(25-19)18-10-12-24-20-17(18)9-11-23-20;/h3-12,14-15H,1,13H2,2H3,(H,23,24);1H/t15-;/m0./s1. The molecule has 0 saturated heterocycles. The molecule has 0 spiro atoms. The molecular formula is C22H22N4OS. The van der Waals surface area contributed by atoms with Crippen molar-refractivity contribution in [2.24, 2.45) is 0 Å². The molecule has 5 nitrogen and oxygen atoms in total. The molecule has 1 atom stereocenters. The lowest BCUT2D eigenvalue weighted by atomic mass is 10.1. The van der Waals surface area contributed by atoms with Crippen molar-refractivity contribution in [3.63, 3.8) is 0 Å². The van der Waals surface area contributed by atoms with E-state index in [0.29, 0.717) is 12.2 Å². The van der Waals surface area contributed by atoms with Crippen LogP contribution in [0.3, 0.4) is 0 Å². The van der Waals surface area contributed by atoms with Crippen LogP contribution in [-0.4, -0.2) is 32.3 Å². The maximum Gasteiger partial charge on any atom is 0.274 e. The van der Waals surface area contributed by atoms with Crippen LogP contribution in [-0.2, 0) is 0 Å². The molecule has 4 aromatic rings. The molecule has 0 fully saturated rings. The van der Waals surface area contributed by atoms with E-state index < -0.39 is 0 Å². The van der Waals surface area contributed by atoms with Gasteiger partial charge < -0.3 is 9.88 Å². The largest absolute Gasteiger partial charge is 0.346 e. The number of pyridine rings is 1. The Morgan fingerprint density at radius 2 is 2.14 bits per heavy atom. The Hall–Kier alpha value is -3.25. The molecule has 142 valence electrons. The van der Waals surface area contributed by atoms with Gasteiger partial charge in [-0.3, -0.25) is 4.79 Å². The van der Waals surface area contributed by atoms with Gasteiger partial charge in [0.2, 0.25) is 0 Å². The van der Waals surface area contributed by atoms with E-state index in [0.717, 1.165) is 27.2 Å². The lowest BCUT2D eigenvalue weighted by Crippen LogP contribution is -2.34. The van der Waals surface area contributed by atoms with Crippen molar-refractivity contribution < 1.29 is 6.22 Å². The van der Waals surface area contributed by atoms with Gasteiger partial charge in [-0.2, -0.15) is 0 Å². The number of benzene rings is 1. The predicted molar refractivity (Wildman–Crippen MR) is 115 cm³/mol. The number of aromatic amines is 1. The number of aromatic nitrogens is 3. The number of nitrogens with one attached hydrogen (secondary N) is 1. The second-order valence-corrected chi connectivity index (χ2v) is 7.33. The zero-order chi connectivity index (χ0) is 19.5. The van der Waals surface area contributed by atoms with Crippen molar-refractivity contribution in [2.75, 3.05) is 6.54 Å². The Bertz CT molecular complexity index is 1120. The number of amides is 1. The van der Waals surface area contributed by atoms with Gasteiger partial charge in [-0.1, -0.05) is 36.4 Å². The number of fused-ring (bicyclic) bond motifs is 1. The highest BCUT2D eigenvalue weighted by Crippen LogP contribution is 2.30. The van der Waals surface area contributed by atoms with Gasteiger partial charge in [0.25, 0.3) is 5.91 Å². The molecule has 0 aliphatic rings. The second kappa shape index (κ2) is 7.78. The quantitative estimate of drug-likeness (QED) is 0.453. The minimum absolute atomic E-state index is 0. The lowest BCUT2D eigenvalue weighted by molar-refractivity contribution is 0.0710. The van der Waals surface area contributed by atoms with Gasteiger partial charge in [0.05, 0.1) is 6.04 Å². The topological polar surface area (TPSA) is 61.9 Å². The molecule has 3 aromatic heterocycles. The van der Waals surface area contributed by atoms with Gasteiger partial charge in [0, 0.05) is 36.7 Å². The van der Waals surface area contributed by atoms with Crippen LogP contribution in [0, 0.1) is 0 Å². The fraction of sp³-hybridized carbons (Fsp3) is 0.136. The van der Waals surface area contributed by atoms with Crippen LogP contribution in [0.5, 0.6) is 0 Å². The Morgan fingerprint density at radius 3 is 2.93 bits per heavy atom. The molecule has 1 N–H and O–H groups in total. The van der Waals surface area contributed by atoms with E-state index in [1.54, 1.807) is 17.2 Å². The molecule has 6 heteroatoms. The van der Waals surface area contributed by atoms with E-state index in [9.17, 15) is 4.79 Å². The van der Waals surface area contributed by atoms with Crippen molar-refractivity contribution in [2.45, 2.75) is 13.0 Å². The number of carbonyl (C=O) groups excluding carboxylic acids is 1. The molecule has 0 bridgehead atoms. The molecule has 1 amide bonds. The molecule has 3 heterocycles.